The minimum Gasteiger partial charge on any atom is -0.456 e. The number of rotatable bonds is 6. The Balaban J connectivity index is 1.21. The van der Waals surface area contributed by atoms with Crippen LogP contribution in [0.25, 0.3) is 44.2 Å². The lowest BCUT2D eigenvalue weighted by atomic mass is 9.76. The number of allylic oxidation sites excluding steroid dienone is 4. The van der Waals surface area contributed by atoms with Gasteiger partial charge in [-0.25, -0.2) is 0 Å². The molecule has 0 bridgehead atoms. The van der Waals surface area contributed by atoms with Crippen LogP contribution in [-0.2, 0) is 5.41 Å². The molecule has 248 valence electrons. The third kappa shape index (κ3) is 4.55. The van der Waals surface area contributed by atoms with Crippen LogP contribution in [0.15, 0.2) is 156 Å². The monoisotopic (exact) mass is 659 g/mol. The van der Waals surface area contributed by atoms with Crippen LogP contribution in [0.1, 0.15) is 68.2 Å². The summed E-state index contributed by atoms with van der Waals surface area (Å²) in [5, 5.41) is 2.29. The molecule has 2 heteroatoms. The zero-order valence-electron chi connectivity index (χ0n) is 29.5. The van der Waals surface area contributed by atoms with Crippen molar-refractivity contribution in [1.82, 2.24) is 0 Å². The number of benzene rings is 6. The van der Waals surface area contributed by atoms with Crippen molar-refractivity contribution in [3.8, 4) is 22.3 Å². The number of hydrogen-bond donors (Lipinski definition) is 0. The Morgan fingerprint density at radius 1 is 0.627 bits per heavy atom. The molecule has 0 aliphatic heterocycles. The van der Waals surface area contributed by atoms with Crippen molar-refractivity contribution >= 4 is 39.0 Å². The molecule has 0 fully saturated rings. The van der Waals surface area contributed by atoms with Gasteiger partial charge < -0.3 is 9.32 Å². The van der Waals surface area contributed by atoms with Gasteiger partial charge in [-0.05, 0) is 88.4 Å². The highest BCUT2D eigenvalue weighted by atomic mass is 16.3. The number of anilines is 3. The van der Waals surface area contributed by atoms with Crippen molar-refractivity contribution < 1.29 is 4.42 Å². The standard InChI is InChI=1S/C49H41NO/c1-48(2)40-20-9-7-18-39(40)47-41(48)21-14-23-43(47)50(32-25-26-36-35-16-8-10-24-44(35)51-45(36)31-32)42-22-13-19-38-34(27-30-49(3)28-11-4-12-29-49)33-15-5-6-17-37(33)46(38)42/h4-26,28,31,34H,27,29-30H2,1-3H3. The fourth-order valence-corrected chi connectivity index (χ4v) is 9.45. The van der Waals surface area contributed by atoms with E-state index in [0.717, 1.165) is 46.9 Å². The first-order valence-corrected chi connectivity index (χ1v) is 18.4. The summed E-state index contributed by atoms with van der Waals surface area (Å²) in [5.74, 6) is 0.341. The normalized spacial score (nSPS) is 19.2. The Kier molecular flexibility index (Phi) is 6.64. The number of fused-ring (bicyclic) bond motifs is 9. The summed E-state index contributed by atoms with van der Waals surface area (Å²) in [6.45, 7) is 7.15. The summed E-state index contributed by atoms with van der Waals surface area (Å²) >= 11 is 0. The van der Waals surface area contributed by atoms with Gasteiger partial charge in [0.2, 0.25) is 0 Å². The Morgan fingerprint density at radius 2 is 1.33 bits per heavy atom. The molecule has 0 amide bonds. The maximum Gasteiger partial charge on any atom is 0.137 e. The number of hydrogen-bond acceptors (Lipinski definition) is 2. The maximum absolute atomic E-state index is 6.52. The molecular formula is C49H41NO. The van der Waals surface area contributed by atoms with Crippen LogP contribution in [0.3, 0.4) is 0 Å². The average Bonchev–Trinajstić information content (AvgIpc) is 3.77. The molecule has 0 N–H and O–H groups in total. The molecule has 0 saturated carbocycles. The van der Waals surface area contributed by atoms with Gasteiger partial charge in [0.25, 0.3) is 0 Å². The molecule has 3 aliphatic rings. The van der Waals surface area contributed by atoms with Gasteiger partial charge in [0.05, 0.1) is 11.4 Å². The van der Waals surface area contributed by atoms with Crippen LogP contribution >= 0.6 is 0 Å². The smallest absolute Gasteiger partial charge is 0.137 e. The molecule has 6 aromatic carbocycles. The van der Waals surface area contributed by atoms with E-state index in [1.807, 2.05) is 6.07 Å². The van der Waals surface area contributed by atoms with E-state index >= 15 is 0 Å². The van der Waals surface area contributed by atoms with Gasteiger partial charge in [-0.3, -0.25) is 0 Å². The van der Waals surface area contributed by atoms with Crippen molar-refractivity contribution in [3.63, 3.8) is 0 Å². The minimum absolute atomic E-state index is 0.106. The SMILES string of the molecule is CC1(CCC2c3ccccc3-c3c2cccc3N(c2ccc3c(c2)oc2ccccc23)c2cccc3c2-c2ccccc2C3(C)C)C=CC=CC1. The van der Waals surface area contributed by atoms with Crippen LogP contribution in [0.2, 0.25) is 0 Å². The van der Waals surface area contributed by atoms with Crippen LogP contribution in [0.4, 0.5) is 17.1 Å². The lowest BCUT2D eigenvalue weighted by Gasteiger charge is -2.31. The number of para-hydroxylation sites is 1. The summed E-state index contributed by atoms with van der Waals surface area (Å²) in [6.07, 6.45) is 12.5. The second-order valence-corrected chi connectivity index (χ2v) is 15.5. The first-order chi connectivity index (χ1) is 24.9. The van der Waals surface area contributed by atoms with E-state index < -0.39 is 0 Å². The first kappa shape index (κ1) is 30.2. The zero-order chi connectivity index (χ0) is 34.3. The van der Waals surface area contributed by atoms with E-state index in [2.05, 4.69) is 171 Å². The molecule has 2 atom stereocenters. The van der Waals surface area contributed by atoms with Crippen molar-refractivity contribution in [1.29, 1.82) is 0 Å². The zero-order valence-corrected chi connectivity index (χ0v) is 29.5. The maximum atomic E-state index is 6.52. The predicted octanol–water partition coefficient (Wildman–Crippen LogP) is 13.8. The van der Waals surface area contributed by atoms with E-state index in [1.54, 1.807) is 0 Å². The summed E-state index contributed by atoms with van der Waals surface area (Å²) < 4.78 is 6.52. The first-order valence-electron chi connectivity index (χ1n) is 18.4. The largest absolute Gasteiger partial charge is 0.456 e. The Labute approximate surface area is 300 Å². The Bertz CT molecular complexity index is 2580. The van der Waals surface area contributed by atoms with Crippen molar-refractivity contribution in [2.24, 2.45) is 5.41 Å². The topological polar surface area (TPSA) is 16.4 Å². The van der Waals surface area contributed by atoms with Gasteiger partial charge in [0, 0.05) is 45.0 Å². The second kappa shape index (κ2) is 11.2. The molecule has 1 heterocycles. The molecule has 7 aromatic rings. The third-order valence-corrected chi connectivity index (χ3v) is 12.1. The molecule has 3 aliphatic carbocycles. The highest BCUT2D eigenvalue weighted by Gasteiger charge is 2.39. The van der Waals surface area contributed by atoms with Crippen molar-refractivity contribution in [2.45, 2.75) is 51.4 Å². The summed E-state index contributed by atoms with van der Waals surface area (Å²) in [4.78, 5) is 2.53. The van der Waals surface area contributed by atoms with E-state index in [1.165, 1.54) is 55.9 Å². The van der Waals surface area contributed by atoms with Crippen LogP contribution in [0, 0.1) is 5.41 Å². The third-order valence-electron chi connectivity index (χ3n) is 12.1. The van der Waals surface area contributed by atoms with Gasteiger partial charge in [-0.15, -0.1) is 0 Å². The van der Waals surface area contributed by atoms with E-state index in [4.69, 9.17) is 4.42 Å². The molecular weight excluding hydrogens is 619 g/mol. The minimum atomic E-state index is -0.106. The van der Waals surface area contributed by atoms with E-state index in [-0.39, 0.29) is 10.8 Å². The van der Waals surface area contributed by atoms with E-state index in [9.17, 15) is 0 Å². The van der Waals surface area contributed by atoms with Crippen LogP contribution in [-0.4, -0.2) is 0 Å². The quantitative estimate of drug-likeness (QED) is 0.177. The molecule has 10 rings (SSSR count). The van der Waals surface area contributed by atoms with Gasteiger partial charge in [-0.1, -0.05) is 136 Å². The van der Waals surface area contributed by atoms with Gasteiger partial charge >= 0.3 is 0 Å². The number of nitrogens with zero attached hydrogens (tertiary/aromatic N) is 1. The van der Waals surface area contributed by atoms with Gasteiger partial charge in [-0.2, -0.15) is 0 Å². The van der Waals surface area contributed by atoms with Crippen LogP contribution < -0.4 is 4.90 Å². The molecule has 51 heavy (non-hydrogen) atoms. The fraction of sp³-hybridized carbons (Fsp3) is 0.184. The lowest BCUT2D eigenvalue weighted by Crippen LogP contribution is -2.16. The highest BCUT2D eigenvalue weighted by Crippen LogP contribution is 2.58. The molecule has 0 spiro atoms. The summed E-state index contributed by atoms with van der Waals surface area (Å²) in [5.41, 5.74) is 16.3. The molecule has 0 radical (unpaired) electrons. The lowest BCUT2D eigenvalue weighted by molar-refractivity contribution is 0.372. The fourth-order valence-electron chi connectivity index (χ4n) is 9.45. The highest BCUT2D eigenvalue weighted by molar-refractivity contribution is 6.07. The van der Waals surface area contributed by atoms with E-state index in [0.29, 0.717) is 5.92 Å². The van der Waals surface area contributed by atoms with Crippen molar-refractivity contribution in [2.75, 3.05) is 4.90 Å². The second-order valence-electron chi connectivity index (χ2n) is 15.5. The predicted molar refractivity (Wildman–Crippen MR) is 213 cm³/mol. The average molecular weight is 660 g/mol. The molecule has 1 aromatic heterocycles. The Morgan fingerprint density at radius 3 is 2.20 bits per heavy atom. The molecule has 2 unspecified atom stereocenters. The molecule has 2 nitrogen and oxygen atoms in total. The van der Waals surface area contributed by atoms with Crippen LogP contribution in [0.5, 0.6) is 0 Å². The summed E-state index contributed by atoms with van der Waals surface area (Å²) in [6, 6.07) is 47.2. The molecule has 0 saturated heterocycles. The Hall–Kier alpha value is -5.60. The van der Waals surface area contributed by atoms with Gasteiger partial charge in [0.15, 0.2) is 0 Å². The van der Waals surface area contributed by atoms with Gasteiger partial charge in [0.1, 0.15) is 11.2 Å². The number of furan rings is 1. The van der Waals surface area contributed by atoms with Crippen molar-refractivity contribution in [3.05, 3.63) is 174 Å². The summed E-state index contributed by atoms with van der Waals surface area (Å²) in [7, 11) is 0.